The summed E-state index contributed by atoms with van der Waals surface area (Å²) in [4.78, 5) is 2.43. The number of hydrogen-bond donors (Lipinski definition) is 1. The highest BCUT2D eigenvalue weighted by Gasteiger charge is 2.07. The monoisotopic (exact) mass is 226 g/mol. The smallest absolute Gasteiger partial charge is 0.0394 e. The predicted molar refractivity (Wildman–Crippen MR) is 65.6 cm³/mol. The Morgan fingerprint density at radius 2 is 2.15 bits per heavy atom. The molecule has 0 radical (unpaired) electrons. The predicted octanol–water partition coefficient (Wildman–Crippen LogP) is 4.22. The molecule has 3 heteroatoms. The Balaban J connectivity index is 2.87. The third-order valence-electron chi connectivity index (χ3n) is 2.08. The van der Waals surface area contributed by atoms with Crippen LogP contribution in [0.25, 0.3) is 10.1 Å². The average molecular weight is 226 g/mol. The van der Waals surface area contributed by atoms with Crippen LogP contribution in [0.4, 0.5) is 0 Å². The molecule has 1 aromatic heterocycles. The van der Waals surface area contributed by atoms with Gasteiger partial charge in [0, 0.05) is 25.3 Å². The fourth-order valence-electron chi connectivity index (χ4n) is 1.39. The lowest BCUT2D eigenvalue weighted by Gasteiger charge is -2.00. The number of rotatable bonds is 1. The molecule has 0 aliphatic heterocycles. The molecule has 0 aliphatic carbocycles. The van der Waals surface area contributed by atoms with Crippen LogP contribution in [0.2, 0.25) is 0 Å². The van der Waals surface area contributed by atoms with Crippen LogP contribution in [-0.2, 0) is 0 Å². The normalized spacial score (nSPS) is 11.0. The summed E-state index contributed by atoms with van der Waals surface area (Å²) in [5, 5.41) is 3.53. The Bertz CT molecular complexity index is 443. The van der Waals surface area contributed by atoms with Gasteiger partial charge in [0.1, 0.15) is 0 Å². The molecular weight excluding hydrogens is 216 g/mol. The summed E-state index contributed by atoms with van der Waals surface area (Å²) >= 11 is 8.08. The van der Waals surface area contributed by atoms with Crippen molar-refractivity contribution in [1.82, 2.24) is 0 Å². The van der Waals surface area contributed by atoms with Gasteiger partial charge in [0.15, 0.2) is 0 Å². The van der Waals surface area contributed by atoms with E-state index in [1.165, 1.54) is 20.5 Å². The number of thiol groups is 1. The van der Waals surface area contributed by atoms with E-state index < -0.39 is 0 Å². The first-order valence-corrected chi connectivity index (χ1v) is 6.53. The largest absolute Gasteiger partial charge is 0.143 e. The van der Waals surface area contributed by atoms with Crippen LogP contribution in [0.1, 0.15) is 5.56 Å². The molecule has 0 bridgehead atoms. The highest BCUT2D eigenvalue weighted by atomic mass is 32.2. The number of fused-ring (bicyclic) bond motifs is 1. The van der Waals surface area contributed by atoms with Crippen LogP contribution in [0, 0.1) is 6.92 Å². The molecule has 0 N–H and O–H groups in total. The summed E-state index contributed by atoms with van der Waals surface area (Å²) in [5.41, 5.74) is 1.35. The van der Waals surface area contributed by atoms with Crippen molar-refractivity contribution in [3.63, 3.8) is 0 Å². The van der Waals surface area contributed by atoms with E-state index in [4.69, 9.17) is 0 Å². The van der Waals surface area contributed by atoms with Crippen LogP contribution in [0.3, 0.4) is 0 Å². The van der Waals surface area contributed by atoms with Gasteiger partial charge in [-0.3, -0.25) is 0 Å². The molecule has 0 spiro atoms. The van der Waals surface area contributed by atoms with Gasteiger partial charge in [0.25, 0.3) is 0 Å². The lowest BCUT2D eigenvalue weighted by Crippen LogP contribution is -1.75. The van der Waals surface area contributed by atoms with Gasteiger partial charge in [-0.2, -0.15) is 0 Å². The molecule has 0 saturated heterocycles. The van der Waals surface area contributed by atoms with E-state index in [2.05, 4.69) is 43.3 Å². The van der Waals surface area contributed by atoms with E-state index in [9.17, 15) is 0 Å². The van der Waals surface area contributed by atoms with E-state index >= 15 is 0 Å². The van der Waals surface area contributed by atoms with Crippen LogP contribution in [-0.4, -0.2) is 6.26 Å². The minimum atomic E-state index is 1.09. The van der Waals surface area contributed by atoms with Gasteiger partial charge in [0.05, 0.1) is 0 Å². The Hall–Kier alpha value is -0.120. The summed E-state index contributed by atoms with van der Waals surface area (Å²) in [6, 6.07) is 4.21. The van der Waals surface area contributed by atoms with Crippen molar-refractivity contribution in [3.8, 4) is 0 Å². The van der Waals surface area contributed by atoms with Gasteiger partial charge >= 0.3 is 0 Å². The second kappa shape index (κ2) is 3.56. The molecule has 1 aromatic carbocycles. The number of aryl methyl sites for hydroxylation is 1. The summed E-state index contributed by atoms with van der Waals surface area (Å²) in [5.74, 6) is 0. The maximum atomic E-state index is 4.48. The average Bonchev–Trinajstić information content (AvgIpc) is 2.56. The molecule has 0 saturated carbocycles. The van der Waals surface area contributed by atoms with Crippen LogP contribution >= 0.6 is 35.7 Å². The topological polar surface area (TPSA) is 0 Å². The van der Waals surface area contributed by atoms with Crippen molar-refractivity contribution in [2.75, 3.05) is 6.26 Å². The first-order valence-electron chi connectivity index (χ1n) is 3.98. The third-order valence-corrected chi connectivity index (χ3v) is 4.48. The highest BCUT2D eigenvalue weighted by Crippen LogP contribution is 2.37. The molecule has 1 heterocycles. The zero-order valence-corrected chi connectivity index (χ0v) is 10.0. The Morgan fingerprint density at radius 1 is 1.38 bits per heavy atom. The summed E-state index contributed by atoms with van der Waals surface area (Å²) in [7, 11) is 0. The number of thiophene rings is 1. The van der Waals surface area contributed by atoms with Gasteiger partial charge in [0.2, 0.25) is 0 Å². The third kappa shape index (κ3) is 1.49. The summed E-state index contributed by atoms with van der Waals surface area (Å²) in [6.07, 6.45) is 2.11. The van der Waals surface area contributed by atoms with Gasteiger partial charge in [-0.05, 0) is 24.8 Å². The number of hydrogen-bond acceptors (Lipinski definition) is 3. The molecule has 0 unspecified atom stereocenters. The van der Waals surface area contributed by atoms with E-state index in [-0.39, 0.29) is 0 Å². The van der Waals surface area contributed by atoms with E-state index in [0.717, 1.165) is 4.90 Å². The Labute approximate surface area is 91.8 Å². The number of thioether (sulfide) groups is 1. The molecule has 2 rings (SSSR count). The molecular formula is C10H10S3. The van der Waals surface area contributed by atoms with Gasteiger partial charge in [-0.1, -0.05) is 6.07 Å². The van der Waals surface area contributed by atoms with Gasteiger partial charge in [-0.25, -0.2) is 0 Å². The van der Waals surface area contributed by atoms with Crippen molar-refractivity contribution in [2.45, 2.75) is 16.7 Å². The van der Waals surface area contributed by atoms with E-state index in [1.807, 2.05) is 11.3 Å². The molecule has 13 heavy (non-hydrogen) atoms. The lowest BCUT2D eigenvalue weighted by molar-refractivity contribution is 1.45. The fraction of sp³-hybridized carbons (Fsp3) is 0.200. The maximum absolute atomic E-state index is 4.48. The van der Waals surface area contributed by atoms with Crippen LogP contribution in [0.5, 0.6) is 0 Å². The van der Waals surface area contributed by atoms with E-state index in [1.54, 1.807) is 11.8 Å². The first kappa shape index (κ1) is 9.44. The molecule has 2 aromatic rings. The molecule has 0 aliphatic rings. The van der Waals surface area contributed by atoms with Crippen molar-refractivity contribution in [2.24, 2.45) is 0 Å². The van der Waals surface area contributed by atoms with Crippen molar-refractivity contribution in [3.05, 3.63) is 23.1 Å². The van der Waals surface area contributed by atoms with Crippen molar-refractivity contribution < 1.29 is 0 Å². The fourth-order valence-corrected chi connectivity index (χ4v) is 3.79. The molecule has 68 valence electrons. The lowest BCUT2D eigenvalue weighted by atomic mass is 10.2. The molecule has 0 amide bonds. The molecule has 0 nitrogen and oxygen atoms in total. The van der Waals surface area contributed by atoms with Gasteiger partial charge < -0.3 is 0 Å². The summed E-state index contributed by atoms with van der Waals surface area (Å²) < 4.78 is 1.37. The SMILES string of the molecule is CSc1csc2c(C)ccc(S)c12. The van der Waals surface area contributed by atoms with E-state index in [0.29, 0.717) is 0 Å². The highest BCUT2D eigenvalue weighted by molar-refractivity contribution is 7.99. The minimum absolute atomic E-state index is 1.09. The second-order valence-corrected chi connectivity index (χ2v) is 5.12. The number of benzene rings is 1. The Kier molecular flexibility index (Phi) is 2.58. The quantitative estimate of drug-likeness (QED) is 0.561. The van der Waals surface area contributed by atoms with Crippen molar-refractivity contribution >= 4 is 45.8 Å². The zero-order chi connectivity index (χ0) is 9.42. The molecule has 0 fully saturated rings. The van der Waals surface area contributed by atoms with Crippen LogP contribution in [0.15, 0.2) is 27.3 Å². The second-order valence-electron chi connectivity index (χ2n) is 2.91. The maximum Gasteiger partial charge on any atom is 0.0394 e. The Morgan fingerprint density at radius 3 is 2.85 bits per heavy atom. The first-order chi connectivity index (χ1) is 6.24. The van der Waals surface area contributed by atoms with Crippen LogP contribution < -0.4 is 0 Å². The van der Waals surface area contributed by atoms with Gasteiger partial charge in [-0.15, -0.1) is 35.7 Å². The standard InChI is InChI=1S/C10H10S3/c1-6-3-4-7(11)9-8(12-2)5-13-10(6)9/h3-5,11H,1-2H3. The minimum Gasteiger partial charge on any atom is -0.143 e. The van der Waals surface area contributed by atoms with Crippen molar-refractivity contribution in [1.29, 1.82) is 0 Å². The summed E-state index contributed by atoms with van der Waals surface area (Å²) in [6.45, 7) is 2.15. The molecule has 0 atom stereocenters. The zero-order valence-electron chi connectivity index (χ0n) is 7.50.